The van der Waals surface area contributed by atoms with Crippen LogP contribution in [0.3, 0.4) is 0 Å². The fourth-order valence-corrected chi connectivity index (χ4v) is 4.54. The van der Waals surface area contributed by atoms with Gasteiger partial charge < -0.3 is 15.0 Å². The Labute approximate surface area is 198 Å². The van der Waals surface area contributed by atoms with E-state index < -0.39 is 6.04 Å². The van der Waals surface area contributed by atoms with Crippen molar-refractivity contribution >= 4 is 23.2 Å². The highest BCUT2D eigenvalue weighted by molar-refractivity contribution is 7.12. The van der Waals surface area contributed by atoms with E-state index in [0.717, 1.165) is 30.9 Å². The van der Waals surface area contributed by atoms with Crippen LogP contribution in [0.25, 0.3) is 0 Å². The summed E-state index contributed by atoms with van der Waals surface area (Å²) in [5.41, 5.74) is 1.03. The lowest BCUT2D eigenvalue weighted by atomic mass is 10.0. The fraction of sp³-hybridized carbons (Fsp3) is 0.308. The maximum Gasteiger partial charge on any atom is 0.262 e. The number of benzene rings is 2. The topological polar surface area (TPSA) is 61.9 Å². The monoisotopic (exact) mass is 463 g/mol. The summed E-state index contributed by atoms with van der Waals surface area (Å²) >= 11 is 1.38. The number of carbonyl (C=O) groups excluding carboxylic acids is 2. The zero-order valence-corrected chi connectivity index (χ0v) is 19.4. The van der Waals surface area contributed by atoms with Crippen LogP contribution in [0.4, 0.5) is 0 Å². The Kier molecular flexibility index (Phi) is 8.11. The molecule has 1 aromatic heterocycles. The molecule has 0 aliphatic carbocycles. The van der Waals surface area contributed by atoms with Crippen molar-refractivity contribution in [3.8, 4) is 5.75 Å². The molecule has 2 heterocycles. The van der Waals surface area contributed by atoms with E-state index in [9.17, 15) is 9.59 Å². The Morgan fingerprint density at radius 1 is 0.909 bits per heavy atom. The number of para-hydroxylation sites is 1. The van der Waals surface area contributed by atoms with Gasteiger partial charge in [0.05, 0.1) is 4.88 Å². The van der Waals surface area contributed by atoms with Gasteiger partial charge in [-0.15, -0.1) is 11.3 Å². The number of piperazine rings is 1. The highest BCUT2D eigenvalue weighted by Crippen LogP contribution is 2.13. The van der Waals surface area contributed by atoms with Gasteiger partial charge in [-0.2, -0.15) is 0 Å². The summed E-state index contributed by atoms with van der Waals surface area (Å²) in [7, 11) is 0. The molecule has 0 unspecified atom stereocenters. The fourth-order valence-electron chi connectivity index (χ4n) is 3.91. The Balaban J connectivity index is 1.31. The summed E-state index contributed by atoms with van der Waals surface area (Å²) in [6, 6.07) is 22.7. The predicted octanol–water partition coefficient (Wildman–Crippen LogP) is 3.31. The largest absolute Gasteiger partial charge is 0.492 e. The average molecular weight is 464 g/mol. The molecule has 0 radical (unpaired) electrons. The predicted molar refractivity (Wildman–Crippen MR) is 131 cm³/mol. The molecule has 33 heavy (non-hydrogen) atoms. The molecule has 1 fully saturated rings. The van der Waals surface area contributed by atoms with Gasteiger partial charge in [0.25, 0.3) is 5.91 Å². The number of hydrogen-bond acceptors (Lipinski definition) is 5. The third-order valence-electron chi connectivity index (χ3n) is 5.73. The van der Waals surface area contributed by atoms with Crippen LogP contribution in [-0.4, -0.2) is 67.0 Å². The zero-order valence-electron chi connectivity index (χ0n) is 18.6. The molecule has 0 saturated carbocycles. The number of ether oxygens (including phenoxy) is 1. The minimum Gasteiger partial charge on any atom is -0.492 e. The molecule has 0 spiro atoms. The smallest absolute Gasteiger partial charge is 0.262 e. The van der Waals surface area contributed by atoms with Gasteiger partial charge in [-0.25, -0.2) is 0 Å². The van der Waals surface area contributed by atoms with Crippen molar-refractivity contribution in [3.05, 3.63) is 88.6 Å². The Morgan fingerprint density at radius 3 is 2.27 bits per heavy atom. The van der Waals surface area contributed by atoms with E-state index in [1.807, 2.05) is 77.0 Å². The van der Waals surface area contributed by atoms with E-state index in [-0.39, 0.29) is 11.8 Å². The third kappa shape index (κ3) is 6.66. The molecule has 6 nitrogen and oxygen atoms in total. The number of amides is 2. The third-order valence-corrected chi connectivity index (χ3v) is 6.60. The van der Waals surface area contributed by atoms with Crippen molar-refractivity contribution in [2.45, 2.75) is 12.5 Å². The van der Waals surface area contributed by atoms with Crippen LogP contribution in [0.5, 0.6) is 5.75 Å². The zero-order chi connectivity index (χ0) is 22.9. The number of nitrogens with zero attached hydrogens (tertiary/aromatic N) is 2. The summed E-state index contributed by atoms with van der Waals surface area (Å²) in [5, 5.41) is 4.84. The number of carbonyl (C=O) groups is 2. The number of hydrogen-bond donors (Lipinski definition) is 1. The number of nitrogens with one attached hydrogen (secondary N) is 1. The van der Waals surface area contributed by atoms with E-state index in [1.165, 1.54) is 11.3 Å². The van der Waals surface area contributed by atoms with E-state index in [4.69, 9.17) is 4.74 Å². The average Bonchev–Trinajstić information content (AvgIpc) is 3.40. The van der Waals surface area contributed by atoms with Crippen molar-refractivity contribution in [2.75, 3.05) is 39.3 Å². The summed E-state index contributed by atoms with van der Waals surface area (Å²) in [6.07, 6.45) is 0.474. The van der Waals surface area contributed by atoms with Gasteiger partial charge >= 0.3 is 0 Å². The molecule has 1 saturated heterocycles. The first-order valence-electron chi connectivity index (χ1n) is 11.3. The van der Waals surface area contributed by atoms with Crippen LogP contribution >= 0.6 is 11.3 Å². The van der Waals surface area contributed by atoms with Crippen LogP contribution in [0.15, 0.2) is 78.2 Å². The minimum absolute atomic E-state index is 0.0241. The van der Waals surface area contributed by atoms with E-state index in [1.54, 1.807) is 6.07 Å². The molecule has 1 aliphatic rings. The van der Waals surface area contributed by atoms with Gasteiger partial charge in [-0.05, 0) is 29.1 Å². The summed E-state index contributed by atoms with van der Waals surface area (Å²) in [4.78, 5) is 30.9. The van der Waals surface area contributed by atoms with Crippen molar-refractivity contribution in [3.63, 3.8) is 0 Å². The van der Waals surface area contributed by atoms with Crippen LogP contribution in [-0.2, 0) is 11.2 Å². The van der Waals surface area contributed by atoms with Gasteiger partial charge in [0, 0.05) is 39.1 Å². The van der Waals surface area contributed by atoms with Crippen LogP contribution in [0.2, 0.25) is 0 Å². The maximum atomic E-state index is 13.4. The molecule has 2 aromatic carbocycles. The van der Waals surface area contributed by atoms with Crippen LogP contribution in [0.1, 0.15) is 15.2 Å². The summed E-state index contributed by atoms with van der Waals surface area (Å²) in [6.45, 7) is 4.31. The molecule has 1 aliphatic heterocycles. The van der Waals surface area contributed by atoms with Crippen molar-refractivity contribution in [1.29, 1.82) is 0 Å². The molecule has 1 atom stereocenters. The van der Waals surface area contributed by atoms with Crippen molar-refractivity contribution < 1.29 is 14.3 Å². The van der Waals surface area contributed by atoms with Gasteiger partial charge in [0.15, 0.2) is 0 Å². The van der Waals surface area contributed by atoms with E-state index in [0.29, 0.717) is 31.0 Å². The lowest BCUT2D eigenvalue weighted by molar-refractivity contribution is -0.135. The normalized spacial score (nSPS) is 15.1. The first-order chi connectivity index (χ1) is 16.2. The highest BCUT2D eigenvalue weighted by Gasteiger charge is 2.29. The Bertz CT molecular complexity index is 1000. The molecule has 7 heteroatoms. The maximum absolute atomic E-state index is 13.4. The highest BCUT2D eigenvalue weighted by atomic mass is 32.1. The van der Waals surface area contributed by atoms with Crippen molar-refractivity contribution in [1.82, 2.24) is 15.1 Å². The van der Waals surface area contributed by atoms with Gasteiger partial charge in [0.2, 0.25) is 5.91 Å². The second-order valence-corrected chi connectivity index (χ2v) is 8.97. The molecule has 172 valence electrons. The second kappa shape index (κ2) is 11.6. The molecular formula is C26H29N3O3S. The van der Waals surface area contributed by atoms with Gasteiger partial charge in [-0.3, -0.25) is 14.5 Å². The van der Waals surface area contributed by atoms with Gasteiger partial charge in [0.1, 0.15) is 18.4 Å². The standard InChI is InChI=1S/C26H29N3O3S/c30-25(24-12-7-19-33-24)27-23(20-21-8-3-1-4-9-21)26(31)29-15-13-28(14-16-29)17-18-32-22-10-5-2-6-11-22/h1-12,19,23H,13-18,20H2,(H,27,30)/t23-/m1/s1. The van der Waals surface area contributed by atoms with Crippen LogP contribution < -0.4 is 10.1 Å². The van der Waals surface area contributed by atoms with E-state index in [2.05, 4.69) is 10.2 Å². The summed E-state index contributed by atoms with van der Waals surface area (Å²) in [5.74, 6) is 0.650. The van der Waals surface area contributed by atoms with E-state index >= 15 is 0 Å². The summed E-state index contributed by atoms with van der Waals surface area (Å²) < 4.78 is 5.80. The molecule has 1 N–H and O–H groups in total. The van der Waals surface area contributed by atoms with Crippen molar-refractivity contribution in [2.24, 2.45) is 0 Å². The molecule has 3 aromatic rings. The first-order valence-corrected chi connectivity index (χ1v) is 12.1. The minimum atomic E-state index is -0.588. The van der Waals surface area contributed by atoms with Crippen LogP contribution in [0, 0.1) is 0 Å². The first kappa shape index (κ1) is 23.0. The lowest BCUT2D eigenvalue weighted by Gasteiger charge is -2.36. The Morgan fingerprint density at radius 2 is 1.61 bits per heavy atom. The number of thiophene rings is 1. The quantitative estimate of drug-likeness (QED) is 0.529. The van der Waals surface area contributed by atoms with Gasteiger partial charge in [-0.1, -0.05) is 54.6 Å². The Hall–Kier alpha value is -3.16. The molecule has 0 bridgehead atoms. The molecular weight excluding hydrogens is 434 g/mol. The molecule has 2 amide bonds. The number of rotatable bonds is 9. The SMILES string of the molecule is O=C(N[C@H](Cc1ccccc1)C(=O)N1CCN(CCOc2ccccc2)CC1)c1cccs1. The lowest BCUT2D eigenvalue weighted by Crippen LogP contribution is -2.55. The second-order valence-electron chi connectivity index (χ2n) is 8.02. The molecule has 4 rings (SSSR count).